The molecule has 0 saturated carbocycles. The third-order valence-corrected chi connectivity index (χ3v) is 4.09. The average Bonchev–Trinajstić information content (AvgIpc) is 2.48. The summed E-state index contributed by atoms with van der Waals surface area (Å²) in [6, 6.07) is 7.42. The topological polar surface area (TPSA) is 49.4 Å². The number of halogens is 1. The first-order valence-corrected chi connectivity index (χ1v) is 7.74. The fraction of sp³-hybridized carbons (Fsp3) is 0.500. The van der Waals surface area contributed by atoms with Crippen molar-refractivity contribution in [3.63, 3.8) is 0 Å². The number of benzene rings is 1. The van der Waals surface area contributed by atoms with Gasteiger partial charge in [-0.1, -0.05) is 23.7 Å². The Bertz CT molecular complexity index is 502. The van der Waals surface area contributed by atoms with E-state index in [-0.39, 0.29) is 30.8 Å². The van der Waals surface area contributed by atoms with E-state index in [1.807, 2.05) is 17.0 Å². The molecule has 0 radical (unpaired) electrons. The summed E-state index contributed by atoms with van der Waals surface area (Å²) in [5, 5.41) is 3.35. The molecule has 1 aliphatic rings. The number of nitrogens with one attached hydrogen (secondary N) is 1. The van der Waals surface area contributed by atoms with Crippen molar-refractivity contribution in [2.75, 3.05) is 13.1 Å². The SMILES string of the molecule is CC1CCCCN1C(=O)CNC(=O)Cc1ccc(Cl)cc1. The molecular weight excluding hydrogens is 288 g/mol. The third kappa shape index (κ3) is 4.74. The maximum absolute atomic E-state index is 12.1. The van der Waals surface area contributed by atoms with Crippen LogP contribution in [0.5, 0.6) is 0 Å². The summed E-state index contributed by atoms with van der Waals surface area (Å²) in [5.74, 6) is -0.137. The van der Waals surface area contributed by atoms with E-state index in [4.69, 9.17) is 11.6 Å². The number of hydrogen-bond acceptors (Lipinski definition) is 2. The molecule has 2 amide bonds. The monoisotopic (exact) mass is 308 g/mol. The standard InChI is InChI=1S/C16H21ClN2O2/c1-12-4-2-3-9-19(12)16(21)11-18-15(20)10-13-5-7-14(17)8-6-13/h5-8,12H,2-4,9-11H2,1H3,(H,18,20). The highest BCUT2D eigenvalue weighted by Crippen LogP contribution is 2.16. The molecule has 1 atom stereocenters. The fourth-order valence-electron chi connectivity index (χ4n) is 2.59. The van der Waals surface area contributed by atoms with Gasteiger partial charge in [-0.15, -0.1) is 0 Å². The van der Waals surface area contributed by atoms with Crippen molar-refractivity contribution in [2.24, 2.45) is 0 Å². The summed E-state index contributed by atoms with van der Waals surface area (Å²) < 4.78 is 0. The highest BCUT2D eigenvalue weighted by molar-refractivity contribution is 6.30. The van der Waals surface area contributed by atoms with E-state index in [1.54, 1.807) is 12.1 Å². The van der Waals surface area contributed by atoms with Gasteiger partial charge in [0.15, 0.2) is 0 Å². The largest absolute Gasteiger partial charge is 0.347 e. The van der Waals surface area contributed by atoms with Crippen LogP contribution >= 0.6 is 11.6 Å². The second-order valence-corrected chi connectivity index (χ2v) is 5.95. The predicted molar refractivity (Wildman–Crippen MR) is 83.2 cm³/mol. The quantitative estimate of drug-likeness (QED) is 0.928. The first kappa shape index (κ1) is 15.8. The van der Waals surface area contributed by atoms with Crippen molar-refractivity contribution < 1.29 is 9.59 Å². The number of piperidine rings is 1. The lowest BCUT2D eigenvalue weighted by Crippen LogP contribution is -2.47. The molecule has 1 N–H and O–H groups in total. The van der Waals surface area contributed by atoms with Gasteiger partial charge in [-0.05, 0) is 43.9 Å². The smallest absolute Gasteiger partial charge is 0.242 e. The van der Waals surface area contributed by atoms with E-state index in [0.29, 0.717) is 5.02 Å². The van der Waals surface area contributed by atoms with Crippen LogP contribution in [0.4, 0.5) is 0 Å². The number of likely N-dealkylation sites (tertiary alicyclic amines) is 1. The molecule has 5 heteroatoms. The van der Waals surface area contributed by atoms with Crippen LogP contribution in [0.3, 0.4) is 0 Å². The van der Waals surface area contributed by atoms with E-state index in [1.165, 1.54) is 6.42 Å². The van der Waals surface area contributed by atoms with E-state index in [0.717, 1.165) is 24.9 Å². The van der Waals surface area contributed by atoms with Gasteiger partial charge in [0.05, 0.1) is 13.0 Å². The molecule has 0 spiro atoms. The molecule has 2 rings (SSSR count). The maximum Gasteiger partial charge on any atom is 0.242 e. The summed E-state index contributed by atoms with van der Waals surface area (Å²) in [5.41, 5.74) is 0.885. The summed E-state index contributed by atoms with van der Waals surface area (Å²) >= 11 is 5.80. The highest BCUT2D eigenvalue weighted by atomic mass is 35.5. The predicted octanol–water partition coefficient (Wildman–Crippen LogP) is 2.40. The summed E-state index contributed by atoms with van der Waals surface area (Å²) in [4.78, 5) is 25.8. The van der Waals surface area contributed by atoms with Gasteiger partial charge in [-0.25, -0.2) is 0 Å². The molecule has 114 valence electrons. The van der Waals surface area contributed by atoms with Crippen LogP contribution in [0.25, 0.3) is 0 Å². The van der Waals surface area contributed by atoms with Crippen molar-refractivity contribution >= 4 is 23.4 Å². The van der Waals surface area contributed by atoms with Crippen LogP contribution in [-0.4, -0.2) is 35.8 Å². The van der Waals surface area contributed by atoms with Gasteiger partial charge in [-0.2, -0.15) is 0 Å². The molecule has 1 aromatic rings. The molecule has 21 heavy (non-hydrogen) atoms. The number of carbonyl (C=O) groups excluding carboxylic acids is 2. The van der Waals surface area contributed by atoms with Crippen molar-refractivity contribution in [1.82, 2.24) is 10.2 Å². The molecule has 1 aromatic carbocycles. The first-order valence-electron chi connectivity index (χ1n) is 7.37. The molecule has 0 aliphatic carbocycles. The number of rotatable bonds is 4. The van der Waals surface area contributed by atoms with Crippen molar-refractivity contribution in [3.05, 3.63) is 34.9 Å². The fourth-order valence-corrected chi connectivity index (χ4v) is 2.72. The lowest BCUT2D eigenvalue weighted by molar-refractivity contribution is -0.135. The zero-order valence-corrected chi connectivity index (χ0v) is 13.0. The molecule has 1 unspecified atom stereocenters. The zero-order valence-electron chi connectivity index (χ0n) is 12.3. The molecule has 0 bridgehead atoms. The van der Waals surface area contributed by atoms with E-state index in [9.17, 15) is 9.59 Å². The van der Waals surface area contributed by atoms with Gasteiger partial charge in [0.1, 0.15) is 0 Å². The van der Waals surface area contributed by atoms with Gasteiger partial charge in [-0.3, -0.25) is 9.59 Å². The van der Waals surface area contributed by atoms with Gasteiger partial charge in [0.25, 0.3) is 0 Å². The van der Waals surface area contributed by atoms with E-state index < -0.39 is 0 Å². The van der Waals surface area contributed by atoms with Crippen LogP contribution in [0, 0.1) is 0 Å². The summed E-state index contributed by atoms with van der Waals surface area (Å²) in [6.45, 7) is 2.94. The van der Waals surface area contributed by atoms with Crippen LogP contribution in [-0.2, 0) is 16.0 Å². The lowest BCUT2D eigenvalue weighted by atomic mass is 10.0. The minimum absolute atomic E-state index is 0.00616. The molecule has 1 fully saturated rings. The number of nitrogens with zero attached hydrogens (tertiary/aromatic N) is 1. The Morgan fingerprint density at radius 2 is 2.00 bits per heavy atom. The average molecular weight is 309 g/mol. The second-order valence-electron chi connectivity index (χ2n) is 5.51. The van der Waals surface area contributed by atoms with Gasteiger partial charge in [0, 0.05) is 17.6 Å². The Hall–Kier alpha value is -1.55. The normalized spacial score (nSPS) is 18.4. The minimum atomic E-state index is -0.143. The van der Waals surface area contributed by atoms with Crippen LogP contribution in [0.2, 0.25) is 5.02 Å². The molecule has 1 heterocycles. The Balaban J connectivity index is 1.78. The Labute approximate surface area is 130 Å². The third-order valence-electron chi connectivity index (χ3n) is 3.84. The van der Waals surface area contributed by atoms with Gasteiger partial charge < -0.3 is 10.2 Å². The van der Waals surface area contributed by atoms with Crippen LogP contribution in [0.1, 0.15) is 31.7 Å². The highest BCUT2D eigenvalue weighted by Gasteiger charge is 2.23. The Kier molecular flexibility index (Phi) is 5.62. The Morgan fingerprint density at radius 3 is 2.67 bits per heavy atom. The Morgan fingerprint density at radius 1 is 1.29 bits per heavy atom. The lowest BCUT2D eigenvalue weighted by Gasteiger charge is -2.33. The molecule has 0 aromatic heterocycles. The minimum Gasteiger partial charge on any atom is -0.347 e. The number of amides is 2. The molecular formula is C16H21ClN2O2. The second kappa shape index (κ2) is 7.46. The van der Waals surface area contributed by atoms with Crippen molar-refractivity contribution in [3.8, 4) is 0 Å². The van der Waals surface area contributed by atoms with Gasteiger partial charge >= 0.3 is 0 Å². The van der Waals surface area contributed by atoms with E-state index in [2.05, 4.69) is 12.2 Å². The zero-order chi connectivity index (χ0) is 15.2. The van der Waals surface area contributed by atoms with E-state index >= 15 is 0 Å². The van der Waals surface area contributed by atoms with Crippen LogP contribution in [0.15, 0.2) is 24.3 Å². The molecule has 1 aliphatic heterocycles. The number of hydrogen-bond donors (Lipinski definition) is 1. The van der Waals surface area contributed by atoms with Gasteiger partial charge in [0.2, 0.25) is 11.8 Å². The summed E-state index contributed by atoms with van der Waals surface area (Å²) in [6.07, 6.45) is 3.53. The summed E-state index contributed by atoms with van der Waals surface area (Å²) in [7, 11) is 0. The van der Waals surface area contributed by atoms with Crippen molar-refractivity contribution in [2.45, 2.75) is 38.6 Å². The van der Waals surface area contributed by atoms with Crippen LogP contribution < -0.4 is 5.32 Å². The number of carbonyl (C=O) groups is 2. The molecule has 1 saturated heterocycles. The maximum atomic E-state index is 12.1. The molecule has 4 nitrogen and oxygen atoms in total. The first-order chi connectivity index (χ1) is 10.1. The van der Waals surface area contributed by atoms with Crippen molar-refractivity contribution in [1.29, 1.82) is 0 Å².